The first-order valence-corrected chi connectivity index (χ1v) is 6.33. The second kappa shape index (κ2) is 4.89. The van der Waals surface area contributed by atoms with Gasteiger partial charge in [-0.25, -0.2) is 4.98 Å². The van der Waals surface area contributed by atoms with Crippen molar-refractivity contribution in [2.24, 2.45) is 0 Å². The molecule has 4 nitrogen and oxygen atoms in total. The Labute approximate surface area is 109 Å². The Balaban J connectivity index is 2.09. The predicted molar refractivity (Wildman–Crippen MR) is 72.6 cm³/mol. The molecule has 0 aromatic carbocycles. The fraction of sp³-hybridized carbons (Fsp3) is 0.273. The standard InChI is InChI=1S/C11H13ClN4S/c1-6-3-8(17-7(6)2)4-14-10-9(12)5-15-11(13)16-10/h3,5H,4H2,1-2H3,(H3,13,14,15,16). The highest BCUT2D eigenvalue weighted by Crippen LogP contribution is 2.23. The maximum absolute atomic E-state index is 5.96. The highest BCUT2D eigenvalue weighted by molar-refractivity contribution is 7.12. The van der Waals surface area contributed by atoms with Crippen LogP contribution in [-0.2, 0) is 6.54 Å². The molecule has 17 heavy (non-hydrogen) atoms. The van der Waals surface area contributed by atoms with Gasteiger partial charge in [-0.2, -0.15) is 4.98 Å². The van der Waals surface area contributed by atoms with Crippen molar-refractivity contribution in [1.29, 1.82) is 0 Å². The van der Waals surface area contributed by atoms with Gasteiger partial charge in [-0.05, 0) is 25.5 Å². The Hall–Kier alpha value is -1.33. The first-order valence-electron chi connectivity index (χ1n) is 5.14. The molecule has 3 N–H and O–H groups in total. The lowest BCUT2D eigenvalue weighted by molar-refractivity contribution is 1.11. The van der Waals surface area contributed by atoms with Gasteiger partial charge >= 0.3 is 0 Å². The van der Waals surface area contributed by atoms with Crippen molar-refractivity contribution in [3.8, 4) is 0 Å². The number of hydrogen-bond acceptors (Lipinski definition) is 5. The van der Waals surface area contributed by atoms with Crippen LogP contribution in [0.15, 0.2) is 12.3 Å². The SMILES string of the molecule is Cc1cc(CNc2nc(N)ncc2Cl)sc1C. The molecule has 2 rings (SSSR count). The Morgan fingerprint density at radius 3 is 2.88 bits per heavy atom. The molecule has 2 aromatic rings. The molecule has 0 saturated heterocycles. The number of nitrogens with two attached hydrogens (primary N) is 1. The summed E-state index contributed by atoms with van der Waals surface area (Å²) in [6, 6.07) is 2.16. The fourth-order valence-corrected chi connectivity index (χ4v) is 2.56. The van der Waals surface area contributed by atoms with E-state index in [2.05, 4.69) is 35.2 Å². The summed E-state index contributed by atoms with van der Waals surface area (Å²) in [5, 5.41) is 3.63. The Morgan fingerprint density at radius 2 is 2.24 bits per heavy atom. The molecule has 0 bridgehead atoms. The molecule has 2 aromatic heterocycles. The van der Waals surface area contributed by atoms with Gasteiger partial charge in [-0.3, -0.25) is 0 Å². The number of nitrogen functional groups attached to an aromatic ring is 1. The average Bonchev–Trinajstić information content (AvgIpc) is 2.60. The van der Waals surface area contributed by atoms with E-state index in [-0.39, 0.29) is 5.95 Å². The minimum atomic E-state index is 0.218. The summed E-state index contributed by atoms with van der Waals surface area (Å²) in [7, 11) is 0. The van der Waals surface area contributed by atoms with Gasteiger partial charge in [0, 0.05) is 9.75 Å². The summed E-state index contributed by atoms with van der Waals surface area (Å²) < 4.78 is 0. The van der Waals surface area contributed by atoms with E-state index in [1.54, 1.807) is 11.3 Å². The summed E-state index contributed by atoms with van der Waals surface area (Å²) >= 11 is 7.72. The van der Waals surface area contributed by atoms with Crippen molar-refractivity contribution in [2.45, 2.75) is 20.4 Å². The lowest BCUT2D eigenvalue weighted by Gasteiger charge is -2.05. The van der Waals surface area contributed by atoms with E-state index in [4.69, 9.17) is 17.3 Å². The van der Waals surface area contributed by atoms with Crippen LogP contribution >= 0.6 is 22.9 Å². The van der Waals surface area contributed by atoms with Crippen LogP contribution in [0.2, 0.25) is 5.02 Å². The molecule has 0 radical (unpaired) electrons. The van der Waals surface area contributed by atoms with Crippen molar-refractivity contribution in [3.63, 3.8) is 0 Å². The van der Waals surface area contributed by atoms with Crippen molar-refractivity contribution < 1.29 is 0 Å². The number of anilines is 2. The van der Waals surface area contributed by atoms with Gasteiger partial charge in [0.15, 0.2) is 5.82 Å². The normalized spacial score (nSPS) is 10.5. The molecule has 0 amide bonds. The first kappa shape index (κ1) is 12.1. The second-order valence-corrected chi connectivity index (χ2v) is 5.48. The topological polar surface area (TPSA) is 63.8 Å². The summed E-state index contributed by atoms with van der Waals surface area (Å²) in [5.74, 6) is 0.790. The molecule has 2 heterocycles. The van der Waals surface area contributed by atoms with E-state index in [1.165, 1.54) is 21.5 Å². The van der Waals surface area contributed by atoms with Crippen LogP contribution in [-0.4, -0.2) is 9.97 Å². The van der Waals surface area contributed by atoms with Gasteiger partial charge < -0.3 is 11.1 Å². The van der Waals surface area contributed by atoms with Crippen molar-refractivity contribution >= 4 is 34.7 Å². The third kappa shape index (κ3) is 2.87. The number of thiophene rings is 1. The largest absolute Gasteiger partial charge is 0.368 e. The highest BCUT2D eigenvalue weighted by Gasteiger charge is 2.05. The van der Waals surface area contributed by atoms with E-state index >= 15 is 0 Å². The number of nitrogens with zero attached hydrogens (tertiary/aromatic N) is 2. The van der Waals surface area contributed by atoms with E-state index in [0.29, 0.717) is 17.4 Å². The molecule has 0 aliphatic carbocycles. The van der Waals surface area contributed by atoms with Crippen LogP contribution < -0.4 is 11.1 Å². The molecular weight excluding hydrogens is 256 g/mol. The van der Waals surface area contributed by atoms with Gasteiger partial charge in [0.2, 0.25) is 5.95 Å². The van der Waals surface area contributed by atoms with Crippen LogP contribution in [0.4, 0.5) is 11.8 Å². The van der Waals surface area contributed by atoms with Gasteiger partial charge in [0.1, 0.15) is 5.02 Å². The second-order valence-electron chi connectivity index (χ2n) is 3.73. The number of aryl methyl sites for hydroxylation is 2. The maximum Gasteiger partial charge on any atom is 0.222 e. The van der Waals surface area contributed by atoms with E-state index in [9.17, 15) is 0 Å². The lowest BCUT2D eigenvalue weighted by atomic mass is 10.3. The Bertz CT molecular complexity index is 519. The summed E-state index contributed by atoms with van der Waals surface area (Å²) in [6.07, 6.45) is 1.50. The minimum absolute atomic E-state index is 0.218. The summed E-state index contributed by atoms with van der Waals surface area (Å²) in [6.45, 7) is 4.90. The fourth-order valence-electron chi connectivity index (χ4n) is 1.41. The summed E-state index contributed by atoms with van der Waals surface area (Å²) in [5.41, 5.74) is 6.81. The van der Waals surface area contributed by atoms with E-state index in [1.807, 2.05) is 0 Å². The molecule has 0 saturated carbocycles. The average molecular weight is 269 g/mol. The van der Waals surface area contributed by atoms with Crippen molar-refractivity contribution in [2.75, 3.05) is 11.1 Å². The Kier molecular flexibility index (Phi) is 3.49. The first-order chi connectivity index (χ1) is 8.06. The zero-order chi connectivity index (χ0) is 12.4. The number of halogens is 1. The van der Waals surface area contributed by atoms with Gasteiger partial charge in [-0.15, -0.1) is 11.3 Å². The predicted octanol–water partition coefficient (Wildman–Crippen LogP) is 3.00. The molecular formula is C11H13ClN4S. The number of aromatic nitrogens is 2. The van der Waals surface area contributed by atoms with Crippen LogP contribution in [0.1, 0.15) is 15.3 Å². The van der Waals surface area contributed by atoms with Gasteiger partial charge in [0.25, 0.3) is 0 Å². The van der Waals surface area contributed by atoms with Crippen molar-refractivity contribution in [3.05, 3.63) is 32.6 Å². The van der Waals surface area contributed by atoms with Gasteiger partial charge in [-0.1, -0.05) is 11.6 Å². The number of hydrogen-bond donors (Lipinski definition) is 2. The third-order valence-corrected chi connectivity index (χ3v) is 3.84. The molecule has 0 atom stereocenters. The molecule has 0 unspecified atom stereocenters. The van der Waals surface area contributed by atoms with Crippen LogP contribution in [0.5, 0.6) is 0 Å². The lowest BCUT2D eigenvalue weighted by Crippen LogP contribution is -2.03. The molecule has 0 aliphatic heterocycles. The zero-order valence-corrected chi connectivity index (χ0v) is 11.2. The smallest absolute Gasteiger partial charge is 0.222 e. The molecule has 90 valence electrons. The molecule has 0 aliphatic rings. The highest BCUT2D eigenvalue weighted by atomic mass is 35.5. The molecule has 0 fully saturated rings. The van der Waals surface area contributed by atoms with Crippen LogP contribution in [0.3, 0.4) is 0 Å². The van der Waals surface area contributed by atoms with Crippen LogP contribution in [0, 0.1) is 13.8 Å². The summed E-state index contributed by atoms with van der Waals surface area (Å²) in [4.78, 5) is 10.4. The number of rotatable bonds is 3. The monoisotopic (exact) mass is 268 g/mol. The van der Waals surface area contributed by atoms with E-state index in [0.717, 1.165) is 0 Å². The van der Waals surface area contributed by atoms with Crippen LogP contribution in [0.25, 0.3) is 0 Å². The van der Waals surface area contributed by atoms with Crippen molar-refractivity contribution in [1.82, 2.24) is 9.97 Å². The third-order valence-electron chi connectivity index (χ3n) is 2.41. The molecule has 6 heteroatoms. The zero-order valence-electron chi connectivity index (χ0n) is 9.62. The minimum Gasteiger partial charge on any atom is -0.368 e. The van der Waals surface area contributed by atoms with Gasteiger partial charge in [0.05, 0.1) is 12.7 Å². The van der Waals surface area contributed by atoms with E-state index < -0.39 is 0 Å². The Morgan fingerprint density at radius 1 is 1.47 bits per heavy atom. The maximum atomic E-state index is 5.96. The number of nitrogens with one attached hydrogen (secondary N) is 1. The quantitative estimate of drug-likeness (QED) is 0.898. The molecule has 0 spiro atoms.